The van der Waals surface area contributed by atoms with Gasteiger partial charge in [-0.15, -0.1) is 0 Å². The average Bonchev–Trinajstić information content (AvgIpc) is 2.57. The molecule has 0 aliphatic heterocycles. The number of hydrogen-bond acceptors (Lipinski definition) is 4. The second-order valence-electron chi connectivity index (χ2n) is 5.15. The fourth-order valence-corrected chi connectivity index (χ4v) is 2.08. The van der Waals surface area contributed by atoms with Crippen molar-refractivity contribution >= 4 is 17.3 Å². The number of pyridine rings is 1. The second-order valence-corrected chi connectivity index (χ2v) is 5.15. The number of aromatic nitrogens is 1. The molecule has 23 heavy (non-hydrogen) atoms. The van der Waals surface area contributed by atoms with E-state index in [1.807, 2.05) is 31.2 Å². The topological polar surface area (TPSA) is 63.2 Å². The lowest BCUT2D eigenvalue weighted by Gasteiger charge is -2.09. The number of amides is 1. The highest BCUT2D eigenvalue weighted by Gasteiger charge is 2.06. The second kappa shape index (κ2) is 8.78. The number of hydrogen-bond donors (Lipinski definition) is 2. The lowest BCUT2D eigenvalue weighted by atomic mass is 10.2. The first-order valence-corrected chi connectivity index (χ1v) is 7.96. The molecule has 0 atom stereocenters. The van der Waals surface area contributed by atoms with Crippen LogP contribution in [0, 0.1) is 0 Å². The molecule has 122 valence electrons. The standard InChI is InChI=1S/C18H23N3O2/c1-3-5-10-20-18(22)14-11-16(13-19-12-14)21-15-6-8-17(9-7-15)23-4-2/h6-9,11-13,21H,3-5,10H2,1-2H3,(H,20,22). The van der Waals surface area contributed by atoms with Crippen LogP contribution in [-0.4, -0.2) is 24.0 Å². The summed E-state index contributed by atoms with van der Waals surface area (Å²) in [5, 5.41) is 6.13. The van der Waals surface area contributed by atoms with E-state index in [-0.39, 0.29) is 5.91 Å². The molecule has 2 aromatic rings. The number of carbonyl (C=O) groups is 1. The summed E-state index contributed by atoms with van der Waals surface area (Å²) in [5.41, 5.74) is 2.24. The minimum Gasteiger partial charge on any atom is -0.494 e. The summed E-state index contributed by atoms with van der Waals surface area (Å²) >= 11 is 0. The molecule has 0 fully saturated rings. The van der Waals surface area contributed by atoms with Gasteiger partial charge in [-0.1, -0.05) is 13.3 Å². The molecule has 1 aromatic heterocycles. The third-order valence-electron chi connectivity index (χ3n) is 3.27. The van der Waals surface area contributed by atoms with Crippen molar-refractivity contribution < 1.29 is 9.53 Å². The molecule has 0 bridgehead atoms. The molecule has 0 radical (unpaired) electrons. The van der Waals surface area contributed by atoms with Gasteiger partial charge in [-0.25, -0.2) is 0 Å². The first kappa shape index (κ1) is 16.8. The van der Waals surface area contributed by atoms with Crippen LogP contribution in [-0.2, 0) is 0 Å². The van der Waals surface area contributed by atoms with Crippen LogP contribution in [0.4, 0.5) is 11.4 Å². The van der Waals surface area contributed by atoms with Crippen molar-refractivity contribution in [1.82, 2.24) is 10.3 Å². The van der Waals surface area contributed by atoms with Gasteiger partial charge in [-0.05, 0) is 43.7 Å². The molecule has 5 nitrogen and oxygen atoms in total. The largest absolute Gasteiger partial charge is 0.494 e. The number of anilines is 2. The maximum absolute atomic E-state index is 12.0. The molecular weight excluding hydrogens is 290 g/mol. The fraction of sp³-hybridized carbons (Fsp3) is 0.333. The lowest BCUT2D eigenvalue weighted by Crippen LogP contribution is -2.24. The Hall–Kier alpha value is -2.56. The molecule has 1 heterocycles. The van der Waals surface area contributed by atoms with Gasteiger partial charge in [0.2, 0.25) is 0 Å². The van der Waals surface area contributed by atoms with E-state index in [2.05, 4.69) is 22.5 Å². The third-order valence-corrected chi connectivity index (χ3v) is 3.27. The smallest absolute Gasteiger partial charge is 0.252 e. The Morgan fingerprint density at radius 3 is 2.61 bits per heavy atom. The molecule has 2 N–H and O–H groups in total. The monoisotopic (exact) mass is 313 g/mol. The van der Waals surface area contributed by atoms with Crippen molar-refractivity contribution in [1.29, 1.82) is 0 Å². The number of carbonyl (C=O) groups excluding carboxylic acids is 1. The van der Waals surface area contributed by atoms with E-state index in [0.717, 1.165) is 30.0 Å². The molecule has 2 rings (SSSR count). The maximum atomic E-state index is 12.0. The summed E-state index contributed by atoms with van der Waals surface area (Å²) in [5.74, 6) is 0.738. The molecule has 1 amide bonds. The molecular formula is C18H23N3O2. The van der Waals surface area contributed by atoms with Gasteiger partial charge in [-0.3, -0.25) is 9.78 Å². The van der Waals surface area contributed by atoms with Crippen LogP contribution in [0.2, 0.25) is 0 Å². The zero-order valence-electron chi connectivity index (χ0n) is 13.6. The number of benzene rings is 1. The Bertz CT molecular complexity index is 626. The van der Waals surface area contributed by atoms with Crippen LogP contribution in [0.15, 0.2) is 42.7 Å². The summed E-state index contributed by atoms with van der Waals surface area (Å²) in [6.07, 6.45) is 5.30. The Kier molecular flexibility index (Phi) is 6.41. The molecule has 0 spiro atoms. The molecule has 0 saturated heterocycles. The SMILES string of the molecule is CCCCNC(=O)c1cncc(Nc2ccc(OCC)cc2)c1. The summed E-state index contributed by atoms with van der Waals surface area (Å²) < 4.78 is 5.42. The zero-order valence-corrected chi connectivity index (χ0v) is 13.6. The van der Waals surface area contributed by atoms with Crippen LogP contribution < -0.4 is 15.4 Å². The fourth-order valence-electron chi connectivity index (χ4n) is 2.08. The van der Waals surface area contributed by atoms with E-state index >= 15 is 0 Å². The van der Waals surface area contributed by atoms with Crippen molar-refractivity contribution in [2.24, 2.45) is 0 Å². The van der Waals surface area contributed by atoms with E-state index < -0.39 is 0 Å². The first-order valence-electron chi connectivity index (χ1n) is 7.96. The Morgan fingerprint density at radius 1 is 1.13 bits per heavy atom. The summed E-state index contributed by atoms with van der Waals surface area (Å²) in [4.78, 5) is 16.2. The summed E-state index contributed by atoms with van der Waals surface area (Å²) in [6.45, 7) is 5.38. The van der Waals surface area contributed by atoms with Crippen molar-refractivity contribution in [2.75, 3.05) is 18.5 Å². The van der Waals surface area contributed by atoms with Gasteiger partial charge in [0.1, 0.15) is 5.75 Å². The van der Waals surface area contributed by atoms with Gasteiger partial charge in [0.25, 0.3) is 5.91 Å². The average molecular weight is 313 g/mol. The van der Waals surface area contributed by atoms with E-state index in [1.165, 1.54) is 0 Å². The van der Waals surface area contributed by atoms with Crippen molar-refractivity contribution in [3.05, 3.63) is 48.3 Å². The first-order chi connectivity index (χ1) is 11.2. The Labute approximate surface area is 137 Å². The number of unbranched alkanes of at least 4 members (excludes halogenated alkanes) is 1. The van der Waals surface area contributed by atoms with E-state index in [9.17, 15) is 4.79 Å². The quantitative estimate of drug-likeness (QED) is 0.729. The number of ether oxygens (including phenoxy) is 1. The molecule has 0 aliphatic rings. The summed E-state index contributed by atoms with van der Waals surface area (Å²) in [6, 6.07) is 9.46. The van der Waals surface area contributed by atoms with E-state index in [1.54, 1.807) is 18.5 Å². The van der Waals surface area contributed by atoms with E-state index in [4.69, 9.17) is 4.74 Å². The van der Waals surface area contributed by atoms with Crippen LogP contribution in [0.3, 0.4) is 0 Å². The van der Waals surface area contributed by atoms with Crippen molar-refractivity contribution in [3.63, 3.8) is 0 Å². The van der Waals surface area contributed by atoms with Crippen LogP contribution in [0.5, 0.6) is 5.75 Å². The van der Waals surface area contributed by atoms with Gasteiger partial charge in [-0.2, -0.15) is 0 Å². The van der Waals surface area contributed by atoms with Crippen molar-refractivity contribution in [3.8, 4) is 5.75 Å². The molecule has 5 heteroatoms. The van der Waals surface area contributed by atoms with Crippen LogP contribution in [0.25, 0.3) is 0 Å². The zero-order chi connectivity index (χ0) is 16.5. The lowest BCUT2D eigenvalue weighted by molar-refractivity contribution is 0.0953. The number of rotatable bonds is 8. The minimum absolute atomic E-state index is 0.0960. The van der Waals surface area contributed by atoms with Crippen LogP contribution >= 0.6 is 0 Å². The third kappa shape index (κ3) is 5.29. The molecule has 1 aromatic carbocycles. The minimum atomic E-state index is -0.0960. The van der Waals surface area contributed by atoms with Gasteiger partial charge in [0.15, 0.2) is 0 Å². The number of nitrogens with one attached hydrogen (secondary N) is 2. The molecule has 0 aliphatic carbocycles. The normalized spacial score (nSPS) is 10.2. The van der Waals surface area contributed by atoms with Crippen molar-refractivity contribution in [2.45, 2.75) is 26.7 Å². The highest BCUT2D eigenvalue weighted by Crippen LogP contribution is 2.20. The van der Waals surface area contributed by atoms with Gasteiger partial charge in [0, 0.05) is 18.4 Å². The summed E-state index contributed by atoms with van der Waals surface area (Å²) in [7, 11) is 0. The van der Waals surface area contributed by atoms with Gasteiger partial charge in [0.05, 0.1) is 24.1 Å². The highest BCUT2D eigenvalue weighted by atomic mass is 16.5. The number of nitrogens with zero attached hydrogens (tertiary/aromatic N) is 1. The Morgan fingerprint density at radius 2 is 1.91 bits per heavy atom. The molecule has 0 unspecified atom stereocenters. The molecule has 0 saturated carbocycles. The predicted octanol–water partition coefficient (Wildman–Crippen LogP) is 3.75. The van der Waals surface area contributed by atoms with Gasteiger partial charge >= 0.3 is 0 Å². The predicted molar refractivity (Wildman–Crippen MR) is 92.4 cm³/mol. The van der Waals surface area contributed by atoms with Crippen LogP contribution in [0.1, 0.15) is 37.0 Å². The van der Waals surface area contributed by atoms with E-state index in [0.29, 0.717) is 18.7 Å². The Balaban J connectivity index is 2.00. The maximum Gasteiger partial charge on any atom is 0.252 e. The van der Waals surface area contributed by atoms with Gasteiger partial charge < -0.3 is 15.4 Å². The highest BCUT2D eigenvalue weighted by molar-refractivity contribution is 5.94.